The molecule has 1 fully saturated rings. The van der Waals surface area contributed by atoms with E-state index < -0.39 is 11.1 Å². The standard InChI is InChI=1S/C21H25N5O3S/c1-3-26-17-5-4-14(10-16(17)23-19(28)20(26)29)18(27)24-21-22-15(12-30-21)11-25-8-6-13(2)7-9-25/h4-5,10,12-13H,3,6-9,11H2,1-2H3,(H,23,28)(H,22,24,27). The van der Waals surface area contributed by atoms with Gasteiger partial charge in [0.1, 0.15) is 0 Å². The molecule has 158 valence electrons. The van der Waals surface area contributed by atoms with Gasteiger partial charge in [0.25, 0.3) is 5.91 Å². The summed E-state index contributed by atoms with van der Waals surface area (Å²) in [5.41, 5.74) is 1.10. The Hall–Kier alpha value is -2.78. The number of hydrogen-bond acceptors (Lipinski definition) is 6. The number of aromatic amines is 1. The van der Waals surface area contributed by atoms with E-state index in [1.807, 2.05) is 5.38 Å². The number of amides is 1. The fourth-order valence-corrected chi connectivity index (χ4v) is 4.49. The van der Waals surface area contributed by atoms with Crippen molar-refractivity contribution in [3.05, 3.63) is 55.5 Å². The van der Waals surface area contributed by atoms with E-state index in [9.17, 15) is 14.4 Å². The number of benzene rings is 1. The number of carbonyl (C=O) groups is 1. The Morgan fingerprint density at radius 1 is 1.30 bits per heavy atom. The Morgan fingerprint density at radius 2 is 2.07 bits per heavy atom. The van der Waals surface area contributed by atoms with E-state index in [0.29, 0.717) is 28.3 Å². The first-order valence-corrected chi connectivity index (χ1v) is 11.1. The van der Waals surface area contributed by atoms with Gasteiger partial charge in [-0.05, 0) is 57.0 Å². The van der Waals surface area contributed by atoms with E-state index in [0.717, 1.165) is 31.2 Å². The van der Waals surface area contributed by atoms with Crippen LogP contribution < -0.4 is 16.4 Å². The maximum absolute atomic E-state index is 12.7. The summed E-state index contributed by atoms with van der Waals surface area (Å²) in [5.74, 6) is 0.482. The number of aromatic nitrogens is 3. The van der Waals surface area contributed by atoms with Gasteiger partial charge in [-0.15, -0.1) is 11.3 Å². The lowest BCUT2D eigenvalue weighted by atomic mass is 9.99. The molecule has 1 amide bonds. The number of anilines is 1. The lowest BCUT2D eigenvalue weighted by molar-refractivity contribution is 0.102. The van der Waals surface area contributed by atoms with Gasteiger partial charge in [0.05, 0.1) is 16.7 Å². The molecule has 0 aliphatic carbocycles. The Balaban J connectivity index is 1.48. The number of fused-ring (bicyclic) bond motifs is 1. The monoisotopic (exact) mass is 427 g/mol. The first-order chi connectivity index (χ1) is 14.4. The molecule has 0 saturated carbocycles. The highest BCUT2D eigenvalue weighted by Crippen LogP contribution is 2.22. The van der Waals surface area contributed by atoms with Gasteiger partial charge in [0.2, 0.25) is 0 Å². The third-order valence-electron chi connectivity index (χ3n) is 5.59. The zero-order chi connectivity index (χ0) is 21.3. The van der Waals surface area contributed by atoms with E-state index in [1.54, 1.807) is 25.1 Å². The van der Waals surface area contributed by atoms with Crippen LogP contribution in [0.25, 0.3) is 11.0 Å². The molecule has 1 aromatic carbocycles. The number of likely N-dealkylation sites (tertiary alicyclic amines) is 1. The molecule has 1 saturated heterocycles. The molecule has 0 bridgehead atoms. The van der Waals surface area contributed by atoms with Gasteiger partial charge in [-0.25, -0.2) is 4.98 Å². The topological polar surface area (TPSA) is 100 Å². The summed E-state index contributed by atoms with van der Waals surface area (Å²) < 4.78 is 1.39. The Morgan fingerprint density at radius 3 is 2.80 bits per heavy atom. The minimum absolute atomic E-state index is 0.306. The van der Waals surface area contributed by atoms with E-state index >= 15 is 0 Å². The quantitative estimate of drug-likeness (QED) is 0.610. The van der Waals surface area contributed by atoms with Crippen LogP contribution in [0.1, 0.15) is 42.7 Å². The number of piperidine rings is 1. The summed E-state index contributed by atoms with van der Waals surface area (Å²) in [5, 5.41) is 5.36. The first kappa shape index (κ1) is 20.5. The number of H-pyrrole nitrogens is 1. The molecule has 1 aliphatic rings. The average molecular weight is 428 g/mol. The summed E-state index contributed by atoms with van der Waals surface area (Å²) in [6.45, 7) is 7.42. The van der Waals surface area contributed by atoms with E-state index in [-0.39, 0.29) is 5.91 Å². The number of thiazole rings is 1. The predicted molar refractivity (Wildman–Crippen MR) is 118 cm³/mol. The highest BCUT2D eigenvalue weighted by molar-refractivity contribution is 7.14. The zero-order valence-corrected chi connectivity index (χ0v) is 17.9. The molecule has 3 aromatic rings. The maximum Gasteiger partial charge on any atom is 0.316 e. The molecule has 0 spiro atoms. The van der Waals surface area contributed by atoms with E-state index in [1.165, 1.54) is 28.7 Å². The van der Waals surface area contributed by atoms with Crippen LogP contribution in [0.2, 0.25) is 0 Å². The predicted octanol–water partition coefficient (Wildman–Crippen LogP) is 2.65. The highest BCUT2D eigenvalue weighted by atomic mass is 32.1. The Bertz CT molecular complexity index is 1190. The Kier molecular flexibility index (Phi) is 5.83. The van der Waals surface area contributed by atoms with Crippen molar-refractivity contribution < 1.29 is 4.79 Å². The fourth-order valence-electron chi connectivity index (χ4n) is 3.79. The third-order valence-corrected chi connectivity index (χ3v) is 6.39. The van der Waals surface area contributed by atoms with Crippen LogP contribution in [0.3, 0.4) is 0 Å². The summed E-state index contributed by atoms with van der Waals surface area (Å²) >= 11 is 1.40. The second kappa shape index (κ2) is 8.53. The van der Waals surface area contributed by atoms with Gasteiger partial charge in [-0.2, -0.15) is 0 Å². The molecule has 0 atom stereocenters. The molecule has 4 rings (SSSR count). The Labute approximate surface area is 177 Å². The van der Waals surface area contributed by atoms with Gasteiger partial charge < -0.3 is 9.55 Å². The second-order valence-electron chi connectivity index (χ2n) is 7.79. The number of nitrogens with one attached hydrogen (secondary N) is 2. The number of rotatable bonds is 5. The smallest absolute Gasteiger partial charge is 0.316 e. The van der Waals surface area contributed by atoms with Crippen LogP contribution in [-0.4, -0.2) is 38.4 Å². The molecule has 8 nitrogen and oxygen atoms in total. The minimum Gasteiger partial charge on any atom is -0.316 e. The van der Waals surface area contributed by atoms with Crippen LogP contribution in [0.5, 0.6) is 0 Å². The lowest BCUT2D eigenvalue weighted by Gasteiger charge is -2.29. The average Bonchev–Trinajstić information content (AvgIpc) is 3.17. The number of hydrogen-bond donors (Lipinski definition) is 2. The van der Waals surface area contributed by atoms with Crippen molar-refractivity contribution in [2.24, 2.45) is 5.92 Å². The molecular formula is C21H25N5O3S. The van der Waals surface area contributed by atoms with Gasteiger partial charge >= 0.3 is 11.1 Å². The van der Waals surface area contributed by atoms with Crippen molar-refractivity contribution in [3.63, 3.8) is 0 Å². The maximum atomic E-state index is 12.7. The van der Waals surface area contributed by atoms with Crippen LogP contribution in [-0.2, 0) is 13.1 Å². The van der Waals surface area contributed by atoms with Crippen LogP contribution in [0.4, 0.5) is 5.13 Å². The molecule has 2 aromatic heterocycles. The zero-order valence-electron chi connectivity index (χ0n) is 17.1. The first-order valence-electron chi connectivity index (χ1n) is 10.2. The van der Waals surface area contributed by atoms with Crippen molar-refractivity contribution in [1.82, 2.24) is 19.4 Å². The lowest BCUT2D eigenvalue weighted by Crippen LogP contribution is -2.36. The van der Waals surface area contributed by atoms with Crippen molar-refractivity contribution in [2.45, 2.75) is 39.8 Å². The van der Waals surface area contributed by atoms with Gasteiger partial charge in [-0.1, -0.05) is 6.92 Å². The molecule has 1 aliphatic heterocycles. The molecule has 3 heterocycles. The van der Waals surface area contributed by atoms with E-state index in [2.05, 4.69) is 27.1 Å². The summed E-state index contributed by atoms with van der Waals surface area (Å²) in [7, 11) is 0. The van der Waals surface area contributed by atoms with Crippen LogP contribution in [0, 0.1) is 5.92 Å². The van der Waals surface area contributed by atoms with Crippen molar-refractivity contribution in [2.75, 3.05) is 18.4 Å². The van der Waals surface area contributed by atoms with Crippen molar-refractivity contribution in [3.8, 4) is 0 Å². The van der Waals surface area contributed by atoms with Gasteiger partial charge in [0, 0.05) is 24.0 Å². The summed E-state index contributed by atoms with van der Waals surface area (Å²) in [4.78, 5) is 46.0. The molecule has 30 heavy (non-hydrogen) atoms. The summed E-state index contributed by atoms with van der Waals surface area (Å²) in [6.07, 6.45) is 2.42. The van der Waals surface area contributed by atoms with Crippen LogP contribution in [0.15, 0.2) is 33.2 Å². The largest absolute Gasteiger partial charge is 0.316 e. The van der Waals surface area contributed by atoms with Crippen LogP contribution >= 0.6 is 11.3 Å². The SMILES string of the molecule is CCn1c(=O)c(=O)[nH]c2cc(C(=O)Nc3nc(CN4CCC(C)CC4)cs3)ccc21. The molecule has 9 heteroatoms. The molecule has 2 N–H and O–H groups in total. The molecular weight excluding hydrogens is 402 g/mol. The second-order valence-corrected chi connectivity index (χ2v) is 8.65. The normalized spacial score (nSPS) is 15.5. The summed E-state index contributed by atoms with van der Waals surface area (Å²) in [6, 6.07) is 4.90. The van der Waals surface area contributed by atoms with Gasteiger partial charge in [0.15, 0.2) is 5.13 Å². The highest BCUT2D eigenvalue weighted by Gasteiger charge is 2.17. The number of carbonyl (C=O) groups excluding carboxylic acids is 1. The minimum atomic E-state index is -0.696. The number of aryl methyl sites for hydroxylation is 1. The van der Waals surface area contributed by atoms with Crippen molar-refractivity contribution >= 4 is 33.4 Å². The third kappa shape index (κ3) is 4.22. The van der Waals surface area contributed by atoms with Crippen molar-refractivity contribution in [1.29, 1.82) is 0 Å². The number of nitrogens with zero attached hydrogens (tertiary/aromatic N) is 3. The molecule has 0 radical (unpaired) electrons. The fraction of sp³-hybridized carbons (Fsp3) is 0.429. The molecule has 0 unspecified atom stereocenters. The van der Waals surface area contributed by atoms with Gasteiger partial charge in [-0.3, -0.25) is 24.6 Å². The van der Waals surface area contributed by atoms with E-state index in [4.69, 9.17) is 0 Å².